The highest BCUT2D eigenvalue weighted by molar-refractivity contribution is 6.28. The number of nitrogens with zero attached hydrogens (tertiary/aromatic N) is 3. The SMILES string of the molecule is Fc1ccc(Cn2cnnc2Cl)c(F)c1. The molecule has 1 aromatic heterocycles. The molecule has 6 heteroatoms. The fourth-order valence-corrected chi connectivity index (χ4v) is 1.33. The second-order valence-corrected chi connectivity index (χ2v) is 3.30. The molecule has 0 N–H and O–H groups in total. The van der Waals surface area contributed by atoms with Crippen molar-refractivity contribution in [2.24, 2.45) is 0 Å². The summed E-state index contributed by atoms with van der Waals surface area (Å²) < 4.78 is 27.3. The van der Waals surface area contributed by atoms with Crippen LogP contribution in [0.15, 0.2) is 24.5 Å². The van der Waals surface area contributed by atoms with Crippen LogP contribution < -0.4 is 0 Å². The normalized spacial score (nSPS) is 10.6. The molecule has 0 saturated carbocycles. The Morgan fingerprint density at radius 1 is 1.33 bits per heavy atom. The molecule has 0 spiro atoms. The first-order valence-electron chi connectivity index (χ1n) is 4.14. The average Bonchev–Trinajstić information content (AvgIpc) is 2.57. The predicted molar refractivity (Wildman–Crippen MR) is 50.5 cm³/mol. The van der Waals surface area contributed by atoms with Gasteiger partial charge in [0.25, 0.3) is 0 Å². The van der Waals surface area contributed by atoms with E-state index in [0.717, 1.165) is 6.07 Å². The molecule has 0 unspecified atom stereocenters. The predicted octanol–water partition coefficient (Wildman–Crippen LogP) is 2.26. The van der Waals surface area contributed by atoms with Crippen LogP contribution in [0.25, 0.3) is 0 Å². The Kier molecular flexibility index (Phi) is 2.64. The molecule has 2 aromatic rings. The third-order valence-corrected chi connectivity index (χ3v) is 2.22. The van der Waals surface area contributed by atoms with Gasteiger partial charge in [0.15, 0.2) is 0 Å². The van der Waals surface area contributed by atoms with Crippen LogP contribution in [0.3, 0.4) is 0 Å². The maximum Gasteiger partial charge on any atom is 0.225 e. The first-order valence-corrected chi connectivity index (χ1v) is 4.52. The lowest BCUT2D eigenvalue weighted by atomic mass is 10.2. The molecule has 0 saturated heterocycles. The van der Waals surface area contributed by atoms with E-state index in [9.17, 15) is 8.78 Å². The van der Waals surface area contributed by atoms with Crippen molar-refractivity contribution in [1.29, 1.82) is 0 Å². The van der Waals surface area contributed by atoms with E-state index in [1.807, 2.05) is 0 Å². The summed E-state index contributed by atoms with van der Waals surface area (Å²) in [5.74, 6) is -1.22. The summed E-state index contributed by atoms with van der Waals surface area (Å²) in [4.78, 5) is 0. The molecular weight excluding hydrogens is 224 g/mol. The monoisotopic (exact) mass is 229 g/mol. The summed E-state index contributed by atoms with van der Waals surface area (Å²) in [5.41, 5.74) is 0.332. The molecule has 1 heterocycles. The first kappa shape index (κ1) is 10.0. The number of hydrogen-bond donors (Lipinski definition) is 0. The summed E-state index contributed by atoms with van der Waals surface area (Å²) in [5, 5.41) is 7.26. The Bertz CT molecular complexity index is 484. The van der Waals surface area contributed by atoms with Crippen LogP contribution in [0.1, 0.15) is 5.56 Å². The summed E-state index contributed by atoms with van der Waals surface area (Å²) in [6.45, 7) is 0.179. The average molecular weight is 230 g/mol. The van der Waals surface area contributed by atoms with Crippen molar-refractivity contribution >= 4 is 11.6 Å². The number of aromatic nitrogens is 3. The Labute approximate surface area is 89.3 Å². The van der Waals surface area contributed by atoms with E-state index >= 15 is 0 Å². The minimum Gasteiger partial charge on any atom is -0.300 e. The fourth-order valence-electron chi connectivity index (χ4n) is 1.18. The lowest BCUT2D eigenvalue weighted by molar-refractivity contribution is 0.566. The second kappa shape index (κ2) is 3.94. The second-order valence-electron chi connectivity index (χ2n) is 2.96. The molecule has 0 atom stereocenters. The molecule has 15 heavy (non-hydrogen) atoms. The third-order valence-electron chi connectivity index (χ3n) is 1.92. The number of halogens is 3. The van der Waals surface area contributed by atoms with Crippen LogP contribution in [0.5, 0.6) is 0 Å². The number of hydrogen-bond acceptors (Lipinski definition) is 2. The van der Waals surface area contributed by atoms with Gasteiger partial charge in [-0.15, -0.1) is 10.2 Å². The van der Waals surface area contributed by atoms with Gasteiger partial charge >= 0.3 is 0 Å². The van der Waals surface area contributed by atoms with Gasteiger partial charge in [-0.05, 0) is 17.7 Å². The Morgan fingerprint density at radius 3 is 2.73 bits per heavy atom. The van der Waals surface area contributed by atoms with Crippen LogP contribution in [-0.4, -0.2) is 14.8 Å². The highest BCUT2D eigenvalue weighted by atomic mass is 35.5. The van der Waals surface area contributed by atoms with Crippen LogP contribution in [0.4, 0.5) is 8.78 Å². The van der Waals surface area contributed by atoms with Crippen molar-refractivity contribution in [3.05, 3.63) is 47.0 Å². The Morgan fingerprint density at radius 2 is 2.13 bits per heavy atom. The minimum absolute atomic E-state index is 0.165. The maximum absolute atomic E-state index is 13.2. The smallest absolute Gasteiger partial charge is 0.225 e. The van der Waals surface area contributed by atoms with Gasteiger partial charge < -0.3 is 0 Å². The zero-order valence-electron chi connectivity index (χ0n) is 7.49. The van der Waals surface area contributed by atoms with Gasteiger partial charge in [-0.3, -0.25) is 4.57 Å². The van der Waals surface area contributed by atoms with E-state index in [1.165, 1.54) is 23.0 Å². The van der Waals surface area contributed by atoms with Crippen LogP contribution in [0.2, 0.25) is 5.28 Å². The Hall–Kier alpha value is -1.49. The highest BCUT2D eigenvalue weighted by Crippen LogP contribution is 2.13. The van der Waals surface area contributed by atoms with Gasteiger partial charge in [0.1, 0.15) is 18.0 Å². The van der Waals surface area contributed by atoms with Gasteiger partial charge in [-0.25, -0.2) is 8.78 Å². The van der Waals surface area contributed by atoms with Crippen molar-refractivity contribution in [3.63, 3.8) is 0 Å². The van der Waals surface area contributed by atoms with Gasteiger partial charge in [0.05, 0.1) is 6.54 Å². The van der Waals surface area contributed by atoms with Crippen molar-refractivity contribution in [1.82, 2.24) is 14.8 Å². The summed E-state index contributed by atoms with van der Waals surface area (Å²) in [7, 11) is 0. The third kappa shape index (κ3) is 2.12. The first-order chi connectivity index (χ1) is 7.16. The van der Waals surface area contributed by atoms with Crippen molar-refractivity contribution in [3.8, 4) is 0 Å². The molecule has 0 radical (unpaired) electrons. The largest absolute Gasteiger partial charge is 0.300 e. The zero-order chi connectivity index (χ0) is 10.8. The highest BCUT2D eigenvalue weighted by Gasteiger charge is 2.06. The van der Waals surface area contributed by atoms with Gasteiger partial charge in [0, 0.05) is 11.6 Å². The van der Waals surface area contributed by atoms with Gasteiger partial charge in [-0.2, -0.15) is 0 Å². The van der Waals surface area contributed by atoms with Crippen molar-refractivity contribution in [2.45, 2.75) is 6.54 Å². The van der Waals surface area contributed by atoms with Crippen LogP contribution in [0, 0.1) is 11.6 Å². The molecule has 1 aromatic carbocycles. The van der Waals surface area contributed by atoms with Crippen molar-refractivity contribution in [2.75, 3.05) is 0 Å². The van der Waals surface area contributed by atoms with E-state index in [2.05, 4.69) is 10.2 Å². The molecule has 0 aliphatic heterocycles. The molecule has 0 bridgehead atoms. The molecule has 2 rings (SSSR count). The number of rotatable bonds is 2. The molecule has 3 nitrogen and oxygen atoms in total. The summed E-state index contributed by atoms with van der Waals surface area (Å²) in [6.07, 6.45) is 1.38. The maximum atomic E-state index is 13.2. The molecular formula is C9H6ClF2N3. The summed E-state index contributed by atoms with van der Waals surface area (Å²) in [6, 6.07) is 3.38. The zero-order valence-corrected chi connectivity index (χ0v) is 8.25. The molecule has 0 fully saturated rings. The fraction of sp³-hybridized carbons (Fsp3) is 0.111. The van der Waals surface area contributed by atoms with E-state index in [4.69, 9.17) is 11.6 Å². The topological polar surface area (TPSA) is 30.7 Å². The van der Waals surface area contributed by atoms with Gasteiger partial charge in [-0.1, -0.05) is 6.07 Å². The lowest BCUT2D eigenvalue weighted by Crippen LogP contribution is -2.01. The van der Waals surface area contributed by atoms with Crippen LogP contribution >= 0.6 is 11.6 Å². The van der Waals surface area contributed by atoms with E-state index in [0.29, 0.717) is 5.56 Å². The van der Waals surface area contributed by atoms with Gasteiger partial charge in [0.2, 0.25) is 5.28 Å². The van der Waals surface area contributed by atoms with E-state index < -0.39 is 11.6 Å². The standard InChI is InChI=1S/C9H6ClF2N3/c10-9-14-13-5-15(9)4-6-1-2-7(11)3-8(6)12/h1-3,5H,4H2. The molecule has 78 valence electrons. The molecule has 0 aliphatic carbocycles. The lowest BCUT2D eigenvalue weighted by Gasteiger charge is -2.04. The minimum atomic E-state index is -0.611. The molecule has 0 amide bonds. The van der Waals surface area contributed by atoms with E-state index in [-0.39, 0.29) is 11.8 Å². The Balaban J connectivity index is 2.29. The van der Waals surface area contributed by atoms with Crippen LogP contribution in [-0.2, 0) is 6.54 Å². The van der Waals surface area contributed by atoms with E-state index in [1.54, 1.807) is 0 Å². The summed E-state index contributed by atoms with van der Waals surface area (Å²) >= 11 is 5.67. The quantitative estimate of drug-likeness (QED) is 0.791. The van der Waals surface area contributed by atoms with Crippen molar-refractivity contribution < 1.29 is 8.78 Å². The number of benzene rings is 1. The molecule has 0 aliphatic rings.